The lowest BCUT2D eigenvalue weighted by molar-refractivity contribution is 0.127. The SMILES string of the molecule is CC(C)C(O)c1cc(-c2ccnc3[nH]ncc23)cc(C(C)(C)CN)c1. The highest BCUT2D eigenvalue weighted by Crippen LogP contribution is 2.35. The Labute approximate surface area is 148 Å². The standard InChI is InChI=1S/C20H26N4O/c1-12(2)18(25)14-7-13(8-15(9-14)20(3,4)11-21)16-5-6-22-19-17(16)10-23-24-19/h5-10,12,18,25H,11,21H2,1-4H3,(H,22,23,24). The van der Waals surface area contributed by atoms with Crippen LogP contribution in [0.25, 0.3) is 22.2 Å². The molecule has 5 nitrogen and oxygen atoms in total. The number of aliphatic hydroxyl groups excluding tert-OH is 1. The van der Waals surface area contributed by atoms with Crippen molar-refractivity contribution >= 4 is 11.0 Å². The van der Waals surface area contributed by atoms with Crippen molar-refractivity contribution in [1.29, 1.82) is 0 Å². The van der Waals surface area contributed by atoms with Gasteiger partial charge in [0.25, 0.3) is 0 Å². The van der Waals surface area contributed by atoms with E-state index in [9.17, 15) is 5.11 Å². The highest BCUT2D eigenvalue weighted by atomic mass is 16.3. The highest BCUT2D eigenvalue weighted by molar-refractivity contribution is 5.92. The first-order valence-corrected chi connectivity index (χ1v) is 8.65. The summed E-state index contributed by atoms with van der Waals surface area (Å²) >= 11 is 0. The lowest BCUT2D eigenvalue weighted by Gasteiger charge is -2.26. The van der Waals surface area contributed by atoms with Crippen molar-refractivity contribution in [2.24, 2.45) is 11.7 Å². The Kier molecular flexibility index (Phi) is 4.62. The smallest absolute Gasteiger partial charge is 0.155 e. The van der Waals surface area contributed by atoms with Crippen molar-refractivity contribution in [2.75, 3.05) is 6.54 Å². The van der Waals surface area contributed by atoms with Crippen LogP contribution in [0.4, 0.5) is 0 Å². The van der Waals surface area contributed by atoms with E-state index >= 15 is 0 Å². The second-order valence-electron chi connectivity index (χ2n) is 7.61. The van der Waals surface area contributed by atoms with E-state index in [0.717, 1.165) is 33.3 Å². The zero-order valence-electron chi connectivity index (χ0n) is 15.2. The normalized spacial score (nSPS) is 13.6. The average Bonchev–Trinajstić information content (AvgIpc) is 3.09. The summed E-state index contributed by atoms with van der Waals surface area (Å²) in [4.78, 5) is 4.31. The Bertz CT molecular complexity index is 882. The number of hydrogen-bond donors (Lipinski definition) is 3. The molecule has 3 rings (SSSR count). The first-order chi connectivity index (χ1) is 11.8. The van der Waals surface area contributed by atoms with E-state index in [4.69, 9.17) is 5.73 Å². The van der Waals surface area contributed by atoms with Crippen molar-refractivity contribution < 1.29 is 5.11 Å². The molecule has 0 saturated heterocycles. The van der Waals surface area contributed by atoms with Gasteiger partial charge in [0.15, 0.2) is 5.65 Å². The number of nitrogens with zero attached hydrogens (tertiary/aromatic N) is 2. The van der Waals surface area contributed by atoms with Gasteiger partial charge >= 0.3 is 0 Å². The molecular formula is C20H26N4O. The summed E-state index contributed by atoms with van der Waals surface area (Å²) in [6.07, 6.45) is 3.04. The predicted molar refractivity (Wildman–Crippen MR) is 101 cm³/mol. The van der Waals surface area contributed by atoms with Crippen molar-refractivity contribution in [3.8, 4) is 11.1 Å². The van der Waals surface area contributed by atoms with Crippen molar-refractivity contribution in [1.82, 2.24) is 15.2 Å². The van der Waals surface area contributed by atoms with Gasteiger partial charge in [-0.3, -0.25) is 5.10 Å². The van der Waals surface area contributed by atoms with Crippen LogP contribution in [-0.4, -0.2) is 26.8 Å². The molecule has 1 atom stereocenters. The Morgan fingerprint density at radius 3 is 2.68 bits per heavy atom. The van der Waals surface area contributed by atoms with E-state index in [-0.39, 0.29) is 11.3 Å². The molecule has 0 fully saturated rings. The van der Waals surface area contributed by atoms with Gasteiger partial charge in [-0.25, -0.2) is 4.98 Å². The minimum atomic E-state index is -0.519. The zero-order chi connectivity index (χ0) is 18.2. The predicted octanol–water partition coefficient (Wildman–Crippen LogP) is 3.55. The van der Waals surface area contributed by atoms with E-state index in [1.165, 1.54) is 0 Å². The van der Waals surface area contributed by atoms with E-state index < -0.39 is 6.10 Å². The van der Waals surface area contributed by atoms with Gasteiger partial charge in [-0.1, -0.05) is 39.8 Å². The zero-order valence-corrected chi connectivity index (χ0v) is 15.2. The Morgan fingerprint density at radius 2 is 2.00 bits per heavy atom. The van der Waals surface area contributed by atoms with Crippen molar-refractivity contribution in [3.63, 3.8) is 0 Å². The van der Waals surface area contributed by atoms with Crippen molar-refractivity contribution in [3.05, 3.63) is 47.8 Å². The molecule has 3 aromatic rings. The maximum Gasteiger partial charge on any atom is 0.155 e. The molecule has 0 saturated carbocycles. The summed E-state index contributed by atoms with van der Waals surface area (Å²) in [5, 5.41) is 18.6. The third-order valence-electron chi connectivity index (χ3n) is 4.89. The van der Waals surface area contributed by atoms with Crippen LogP contribution in [-0.2, 0) is 5.41 Å². The lowest BCUT2D eigenvalue weighted by Crippen LogP contribution is -2.28. The molecular weight excluding hydrogens is 312 g/mol. The second kappa shape index (κ2) is 6.58. The molecule has 5 heteroatoms. The summed E-state index contributed by atoms with van der Waals surface area (Å²) in [5.74, 6) is 0.135. The Balaban J connectivity index is 2.24. The first kappa shape index (κ1) is 17.6. The van der Waals surface area contributed by atoms with E-state index in [0.29, 0.717) is 6.54 Å². The molecule has 1 unspecified atom stereocenters. The van der Waals surface area contributed by atoms with Crippen LogP contribution in [0.5, 0.6) is 0 Å². The van der Waals surface area contributed by atoms with Crippen LogP contribution in [0.2, 0.25) is 0 Å². The minimum absolute atomic E-state index is 0.135. The fraction of sp³-hybridized carbons (Fsp3) is 0.400. The van der Waals surface area contributed by atoms with Gasteiger partial charge < -0.3 is 10.8 Å². The number of H-pyrrole nitrogens is 1. The fourth-order valence-corrected chi connectivity index (χ4v) is 2.97. The molecule has 0 aliphatic rings. The Morgan fingerprint density at radius 1 is 1.24 bits per heavy atom. The monoisotopic (exact) mass is 338 g/mol. The van der Waals surface area contributed by atoms with Crippen LogP contribution < -0.4 is 5.73 Å². The quantitative estimate of drug-likeness (QED) is 0.664. The third-order valence-corrected chi connectivity index (χ3v) is 4.89. The summed E-state index contributed by atoms with van der Waals surface area (Å²) in [6.45, 7) is 8.82. The average molecular weight is 338 g/mol. The number of rotatable bonds is 5. The summed E-state index contributed by atoms with van der Waals surface area (Å²) < 4.78 is 0. The van der Waals surface area contributed by atoms with Gasteiger partial charge in [0.2, 0.25) is 0 Å². The van der Waals surface area contributed by atoms with Crippen LogP contribution >= 0.6 is 0 Å². The van der Waals surface area contributed by atoms with Gasteiger partial charge in [-0.2, -0.15) is 5.10 Å². The van der Waals surface area contributed by atoms with Gasteiger partial charge in [-0.15, -0.1) is 0 Å². The minimum Gasteiger partial charge on any atom is -0.388 e. The molecule has 4 N–H and O–H groups in total. The maximum absolute atomic E-state index is 10.6. The number of aromatic nitrogens is 3. The molecule has 0 radical (unpaired) electrons. The number of nitrogens with one attached hydrogen (secondary N) is 1. The van der Waals surface area contributed by atoms with Gasteiger partial charge in [-0.05, 0) is 40.3 Å². The molecule has 2 aromatic heterocycles. The molecule has 0 amide bonds. The molecule has 25 heavy (non-hydrogen) atoms. The molecule has 2 heterocycles. The van der Waals surface area contributed by atoms with E-state index in [1.54, 1.807) is 12.4 Å². The molecule has 1 aromatic carbocycles. The summed E-state index contributed by atoms with van der Waals surface area (Å²) in [7, 11) is 0. The second-order valence-corrected chi connectivity index (χ2v) is 7.61. The number of pyridine rings is 1. The lowest BCUT2D eigenvalue weighted by atomic mass is 9.81. The molecule has 0 aliphatic carbocycles. The van der Waals surface area contributed by atoms with E-state index in [1.807, 2.05) is 19.9 Å². The molecule has 0 bridgehead atoms. The number of aromatic amines is 1. The number of benzene rings is 1. The number of fused-ring (bicyclic) bond motifs is 1. The summed E-state index contributed by atoms with van der Waals surface area (Å²) in [5.41, 5.74) is 10.7. The summed E-state index contributed by atoms with van der Waals surface area (Å²) in [6, 6.07) is 8.28. The van der Waals surface area contributed by atoms with Crippen LogP contribution in [0.3, 0.4) is 0 Å². The molecule has 0 aliphatic heterocycles. The van der Waals surface area contributed by atoms with Crippen molar-refractivity contribution in [2.45, 2.75) is 39.2 Å². The van der Waals surface area contributed by atoms with Gasteiger partial charge in [0.05, 0.1) is 12.3 Å². The van der Waals surface area contributed by atoms with Crippen LogP contribution in [0.15, 0.2) is 36.7 Å². The van der Waals surface area contributed by atoms with Crippen LogP contribution in [0.1, 0.15) is 44.9 Å². The molecule has 0 spiro atoms. The van der Waals surface area contributed by atoms with E-state index in [2.05, 4.69) is 47.2 Å². The number of nitrogens with two attached hydrogens (primary N) is 1. The largest absolute Gasteiger partial charge is 0.388 e. The van der Waals surface area contributed by atoms with Gasteiger partial charge in [0, 0.05) is 23.5 Å². The molecule has 132 valence electrons. The highest BCUT2D eigenvalue weighted by Gasteiger charge is 2.23. The maximum atomic E-state index is 10.6. The fourth-order valence-electron chi connectivity index (χ4n) is 2.97. The topological polar surface area (TPSA) is 87.8 Å². The number of hydrogen-bond acceptors (Lipinski definition) is 4. The third kappa shape index (κ3) is 3.30. The van der Waals surface area contributed by atoms with Gasteiger partial charge in [0.1, 0.15) is 0 Å². The number of aliphatic hydroxyl groups is 1. The first-order valence-electron chi connectivity index (χ1n) is 8.65. The Hall–Kier alpha value is -2.24. The van der Waals surface area contributed by atoms with Crippen LogP contribution in [0, 0.1) is 5.92 Å².